The number of thiophene rings is 1. The van der Waals surface area contributed by atoms with Gasteiger partial charge in [0, 0.05) is 41.8 Å². The van der Waals surface area contributed by atoms with Crippen LogP contribution >= 0.6 is 11.3 Å². The summed E-state index contributed by atoms with van der Waals surface area (Å²) in [5.41, 5.74) is 7.60. The van der Waals surface area contributed by atoms with Gasteiger partial charge in [0.05, 0.1) is 11.3 Å². The number of aliphatic hydroxyl groups is 1. The Hall–Kier alpha value is -3.57. The van der Waals surface area contributed by atoms with E-state index in [2.05, 4.69) is 82.3 Å². The molecule has 3 aromatic carbocycles. The minimum atomic E-state index is -0.125. The van der Waals surface area contributed by atoms with E-state index in [9.17, 15) is 4.79 Å². The third-order valence-electron chi connectivity index (χ3n) is 6.99. The Morgan fingerprint density at radius 1 is 0.929 bits per heavy atom. The second kappa shape index (κ2) is 13.2. The van der Waals surface area contributed by atoms with Crippen molar-refractivity contribution in [3.63, 3.8) is 0 Å². The molecule has 6 heteroatoms. The van der Waals surface area contributed by atoms with Crippen molar-refractivity contribution < 1.29 is 34.4 Å². The summed E-state index contributed by atoms with van der Waals surface area (Å²) in [5.74, 6) is 0.931. The average Bonchev–Trinajstić information content (AvgIpc) is 3.53. The Bertz CT molecular complexity index is 1880. The molecule has 0 unspecified atom stereocenters. The number of furan rings is 1. The number of allylic oxidation sites excluding steroid dienone is 2. The maximum Gasteiger partial charge on any atom is 0.155 e. The molecule has 0 aliphatic rings. The molecule has 0 bridgehead atoms. The third kappa shape index (κ3) is 6.73. The summed E-state index contributed by atoms with van der Waals surface area (Å²) in [4.78, 5) is 17.4. The Morgan fingerprint density at radius 2 is 1.62 bits per heavy atom. The Kier molecular flexibility index (Phi) is 9.83. The standard InChI is InChI=1S/C31H26NOS.C5H8O2.Ir/c1-18(2)21-14-22(19(3)4)16-23(15-21)29-17-20-12-13-27(32-31(20)34-29)26-10-7-9-25-24-8-5-6-11-28(24)33-30(25)26;1-4(6)3-5(2)7;/h5-9,11-19H,1-4H3;3,6H,1-2H3;/q-1;;/b;4-3-;. The first-order valence-corrected chi connectivity index (χ1v) is 14.7. The SMILES string of the molecule is CC(=O)/C=C(/C)O.CC(C)c1cc(-c2cc3ccc(-c4[c-]ccc5c4oc4ccccc45)nc3s2)cc(C(C)C)c1.[Ir]. The monoisotopic (exact) mass is 753 g/mol. The van der Waals surface area contributed by atoms with Crippen LogP contribution in [0.3, 0.4) is 0 Å². The van der Waals surface area contributed by atoms with E-state index in [-0.39, 0.29) is 31.6 Å². The van der Waals surface area contributed by atoms with Gasteiger partial charge in [-0.05, 0) is 60.2 Å². The van der Waals surface area contributed by atoms with E-state index in [0.29, 0.717) is 11.8 Å². The van der Waals surface area contributed by atoms with Crippen molar-refractivity contribution >= 4 is 49.3 Å². The van der Waals surface area contributed by atoms with Crippen LogP contribution in [0.1, 0.15) is 64.5 Å². The van der Waals surface area contributed by atoms with Crippen molar-refractivity contribution in [3.8, 4) is 21.7 Å². The summed E-state index contributed by atoms with van der Waals surface area (Å²) in [5, 5.41) is 11.8. The fraction of sp³-hybridized carbons (Fsp3) is 0.222. The summed E-state index contributed by atoms with van der Waals surface area (Å²) in [7, 11) is 0. The number of aromatic nitrogens is 1. The number of aliphatic hydroxyl groups excluding tert-OH is 1. The summed E-state index contributed by atoms with van der Waals surface area (Å²) in [6, 6.07) is 29.1. The maximum absolute atomic E-state index is 10.0. The predicted molar refractivity (Wildman–Crippen MR) is 172 cm³/mol. The number of hydrogen-bond acceptors (Lipinski definition) is 5. The molecule has 4 nitrogen and oxygen atoms in total. The molecule has 217 valence electrons. The Labute approximate surface area is 264 Å². The number of hydrogen-bond donors (Lipinski definition) is 1. The van der Waals surface area contributed by atoms with Gasteiger partial charge in [-0.2, -0.15) is 0 Å². The fourth-order valence-electron chi connectivity index (χ4n) is 4.86. The largest absolute Gasteiger partial charge is 0.512 e. The molecule has 3 heterocycles. The minimum absolute atomic E-state index is 0. The number of benzene rings is 3. The van der Waals surface area contributed by atoms with E-state index < -0.39 is 0 Å². The number of pyridine rings is 1. The number of carbonyl (C=O) groups excluding carboxylic acids is 1. The van der Waals surface area contributed by atoms with Gasteiger partial charge in [0.15, 0.2) is 5.78 Å². The first kappa shape index (κ1) is 31.4. The van der Waals surface area contributed by atoms with Crippen LogP contribution < -0.4 is 0 Å². The number of nitrogens with zero attached hydrogens (tertiary/aromatic N) is 1. The molecule has 1 N–H and O–H groups in total. The van der Waals surface area contributed by atoms with Crippen LogP contribution in [0.2, 0.25) is 0 Å². The number of fused-ring (bicyclic) bond motifs is 4. The van der Waals surface area contributed by atoms with Crippen LogP contribution in [-0.2, 0) is 24.9 Å². The number of carbonyl (C=O) groups is 1. The third-order valence-corrected chi connectivity index (χ3v) is 8.08. The van der Waals surface area contributed by atoms with Gasteiger partial charge in [0.2, 0.25) is 0 Å². The quantitative estimate of drug-likeness (QED) is 0.108. The van der Waals surface area contributed by atoms with Crippen LogP contribution in [0.4, 0.5) is 0 Å². The van der Waals surface area contributed by atoms with Gasteiger partial charge in [0.1, 0.15) is 10.4 Å². The average molecular weight is 753 g/mol. The van der Waals surface area contributed by atoms with Gasteiger partial charge in [-0.3, -0.25) is 9.78 Å². The van der Waals surface area contributed by atoms with Crippen molar-refractivity contribution in [3.05, 3.63) is 102 Å². The zero-order valence-electron chi connectivity index (χ0n) is 24.6. The molecule has 0 spiro atoms. The summed E-state index contributed by atoms with van der Waals surface area (Å²) < 4.78 is 6.23. The predicted octanol–water partition coefficient (Wildman–Crippen LogP) is 10.6. The molecule has 0 amide bonds. The van der Waals surface area contributed by atoms with E-state index in [1.54, 1.807) is 11.3 Å². The summed E-state index contributed by atoms with van der Waals surface area (Å²) in [6.07, 6.45) is 1.17. The molecule has 3 aromatic heterocycles. The van der Waals surface area contributed by atoms with Gasteiger partial charge in [0.25, 0.3) is 0 Å². The first-order valence-electron chi connectivity index (χ1n) is 13.9. The molecular formula is C36H34IrNO3S-. The van der Waals surface area contributed by atoms with Gasteiger partial charge in [-0.15, -0.1) is 29.5 Å². The fourth-order valence-corrected chi connectivity index (χ4v) is 5.88. The van der Waals surface area contributed by atoms with Crippen molar-refractivity contribution in [2.75, 3.05) is 0 Å². The van der Waals surface area contributed by atoms with E-state index in [1.165, 1.54) is 46.9 Å². The van der Waals surface area contributed by atoms with Crippen LogP contribution in [-0.4, -0.2) is 15.9 Å². The molecular weight excluding hydrogens is 719 g/mol. The Balaban J connectivity index is 0.000000454. The van der Waals surface area contributed by atoms with Crippen molar-refractivity contribution in [2.45, 2.75) is 53.4 Å². The number of rotatable bonds is 5. The van der Waals surface area contributed by atoms with Crippen molar-refractivity contribution in [2.24, 2.45) is 0 Å². The molecule has 0 aliphatic heterocycles. The summed E-state index contributed by atoms with van der Waals surface area (Å²) in [6.45, 7) is 11.9. The smallest absolute Gasteiger partial charge is 0.155 e. The molecule has 1 radical (unpaired) electrons. The first-order chi connectivity index (χ1) is 19.6. The van der Waals surface area contributed by atoms with Gasteiger partial charge in [-0.25, -0.2) is 0 Å². The molecule has 0 fully saturated rings. The maximum atomic E-state index is 10.0. The second-order valence-electron chi connectivity index (χ2n) is 11.0. The molecule has 0 aliphatic carbocycles. The number of para-hydroxylation sites is 1. The zero-order chi connectivity index (χ0) is 29.3. The van der Waals surface area contributed by atoms with Crippen LogP contribution in [0.5, 0.6) is 0 Å². The van der Waals surface area contributed by atoms with Gasteiger partial charge >= 0.3 is 0 Å². The number of ketones is 1. The summed E-state index contributed by atoms with van der Waals surface area (Å²) >= 11 is 1.75. The molecule has 42 heavy (non-hydrogen) atoms. The molecule has 0 atom stereocenters. The van der Waals surface area contributed by atoms with Crippen LogP contribution in [0, 0.1) is 6.07 Å². The van der Waals surface area contributed by atoms with E-state index in [1.807, 2.05) is 24.3 Å². The van der Waals surface area contributed by atoms with Gasteiger partial charge in [-0.1, -0.05) is 87.2 Å². The van der Waals surface area contributed by atoms with Crippen molar-refractivity contribution in [1.29, 1.82) is 0 Å². The minimum Gasteiger partial charge on any atom is -0.512 e. The zero-order valence-corrected chi connectivity index (χ0v) is 27.8. The second-order valence-corrected chi connectivity index (χ2v) is 12.0. The topological polar surface area (TPSA) is 63.3 Å². The normalized spacial score (nSPS) is 11.7. The van der Waals surface area contributed by atoms with Crippen LogP contribution in [0.15, 0.2) is 89.0 Å². The van der Waals surface area contributed by atoms with E-state index in [0.717, 1.165) is 38.0 Å². The van der Waals surface area contributed by atoms with E-state index >= 15 is 0 Å². The molecule has 0 saturated heterocycles. The van der Waals surface area contributed by atoms with Crippen molar-refractivity contribution in [1.82, 2.24) is 4.98 Å². The molecule has 6 aromatic rings. The van der Waals surface area contributed by atoms with Gasteiger partial charge < -0.3 is 9.52 Å². The molecule has 0 saturated carbocycles. The molecule has 6 rings (SSSR count). The van der Waals surface area contributed by atoms with E-state index in [4.69, 9.17) is 14.5 Å². The Morgan fingerprint density at radius 3 is 2.24 bits per heavy atom. The van der Waals surface area contributed by atoms with Crippen LogP contribution in [0.25, 0.3) is 53.9 Å².